The molecule has 82 valence electrons. The van der Waals surface area contributed by atoms with Gasteiger partial charge in [0.25, 0.3) is 0 Å². The van der Waals surface area contributed by atoms with Crippen molar-refractivity contribution in [3.8, 4) is 0 Å². The van der Waals surface area contributed by atoms with E-state index in [4.69, 9.17) is 5.73 Å². The average Bonchev–Trinajstić information content (AvgIpc) is 2.19. The summed E-state index contributed by atoms with van der Waals surface area (Å²) in [5, 5.41) is 6.57. The first kappa shape index (κ1) is 11.5. The summed E-state index contributed by atoms with van der Waals surface area (Å²) >= 11 is 0. The van der Waals surface area contributed by atoms with E-state index in [9.17, 15) is 4.79 Å². The van der Waals surface area contributed by atoms with Crippen molar-refractivity contribution in [3.05, 3.63) is 0 Å². The van der Waals surface area contributed by atoms with E-state index in [1.165, 1.54) is 0 Å². The second-order valence-electron chi connectivity index (χ2n) is 4.18. The second kappa shape index (κ2) is 4.75. The number of primary amides is 1. The number of piperidine rings is 1. The number of carbonyl (C=O) groups is 1. The van der Waals surface area contributed by atoms with Crippen molar-refractivity contribution in [1.82, 2.24) is 10.6 Å². The number of carbonyl (C=O) groups excluding carboxylic acids is 1. The summed E-state index contributed by atoms with van der Waals surface area (Å²) < 4.78 is 0. The molecule has 4 N–H and O–H groups in total. The lowest BCUT2D eigenvalue weighted by atomic mass is 9.88. The molecule has 1 saturated heterocycles. The average molecular weight is 199 g/mol. The molecule has 0 saturated carbocycles. The van der Waals surface area contributed by atoms with E-state index < -0.39 is 5.54 Å². The minimum Gasteiger partial charge on any atom is -0.368 e. The van der Waals surface area contributed by atoms with Gasteiger partial charge in [-0.05, 0) is 32.7 Å². The molecule has 4 nitrogen and oxygen atoms in total. The van der Waals surface area contributed by atoms with Gasteiger partial charge in [0.1, 0.15) is 5.54 Å². The molecule has 0 bridgehead atoms. The molecular weight excluding hydrogens is 178 g/mol. The fourth-order valence-corrected chi connectivity index (χ4v) is 1.88. The molecule has 1 aliphatic rings. The Morgan fingerprint density at radius 2 is 2.43 bits per heavy atom. The monoisotopic (exact) mass is 199 g/mol. The van der Waals surface area contributed by atoms with Gasteiger partial charge in [-0.1, -0.05) is 6.92 Å². The molecule has 0 spiro atoms. The van der Waals surface area contributed by atoms with Crippen molar-refractivity contribution < 1.29 is 4.79 Å². The Hall–Kier alpha value is -0.610. The lowest BCUT2D eigenvalue weighted by molar-refractivity contribution is -0.125. The summed E-state index contributed by atoms with van der Waals surface area (Å²) in [6, 6.07) is 0.336. The third-order valence-electron chi connectivity index (χ3n) is 2.99. The fourth-order valence-electron chi connectivity index (χ4n) is 1.88. The number of rotatable bonds is 4. The minimum atomic E-state index is -0.520. The Morgan fingerprint density at radius 3 is 2.86 bits per heavy atom. The smallest absolute Gasteiger partial charge is 0.239 e. The third kappa shape index (κ3) is 2.45. The first-order valence-corrected chi connectivity index (χ1v) is 5.39. The van der Waals surface area contributed by atoms with Crippen LogP contribution >= 0.6 is 0 Å². The highest BCUT2D eigenvalue weighted by Gasteiger charge is 2.38. The summed E-state index contributed by atoms with van der Waals surface area (Å²) in [5.41, 5.74) is 4.94. The molecule has 0 aromatic carbocycles. The van der Waals surface area contributed by atoms with E-state index in [1.54, 1.807) is 0 Å². The summed E-state index contributed by atoms with van der Waals surface area (Å²) in [6.45, 7) is 5.83. The van der Waals surface area contributed by atoms with E-state index in [2.05, 4.69) is 24.5 Å². The quantitative estimate of drug-likeness (QED) is 0.596. The standard InChI is InChI=1S/C10H21N3O/c1-3-8(2)13-10(9(11)14)5-4-6-12-7-10/h8,12-13H,3-7H2,1-2H3,(H2,11,14). The van der Waals surface area contributed by atoms with Crippen molar-refractivity contribution in [2.24, 2.45) is 5.73 Å². The Bertz CT molecular complexity index is 200. The lowest BCUT2D eigenvalue weighted by Gasteiger charge is -2.37. The Morgan fingerprint density at radius 1 is 1.71 bits per heavy atom. The van der Waals surface area contributed by atoms with Crippen LogP contribution in [-0.4, -0.2) is 30.6 Å². The van der Waals surface area contributed by atoms with Crippen molar-refractivity contribution in [2.45, 2.75) is 44.7 Å². The Balaban J connectivity index is 2.65. The molecule has 0 aliphatic carbocycles. The lowest BCUT2D eigenvalue weighted by Crippen LogP contribution is -2.65. The number of nitrogens with two attached hydrogens (primary N) is 1. The topological polar surface area (TPSA) is 67.1 Å². The number of hydrogen-bond acceptors (Lipinski definition) is 3. The number of hydrogen-bond donors (Lipinski definition) is 3. The van der Waals surface area contributed by atoms with Crippen LogP contribution in [0.2, 0.25) is 0 Å². The molecule has 1 fully saturated rings. The van der Waals surface area contributed by atoms with Crippen LogP contribution in [0.5, 0.6) is 0 Å². The van der Waals surface area contributed by atoms with Gasteiger partial charge in [-0.25, -0.2) is 0 Å². The fraction of sp³-hybridized carbons (Fsp3) is 0.900. The first-order chi connectivity index (χ1) is 6.60. The van der Waals surface area contributed by atoms with Gasteiger partial charge < -0.3 is 11.1 Å². The predicted molar refractivity (Wildman–Crippen MR) is 56.9 cm³/mol. The number of amides is 1. The van der Waals surface area contributed by atoms with Crippen molar-refractivity contribution >= 4 is 5.91 Å². The second-order valence-corrected chi connectivity index (χ2v) is 4.18. The van der Waals surface area contributed by atoms with Crippen LogP contribution < -0.4 is 16.4 Å². The SMILES string of the molecule is CCC(C)NC1(C(N)=O)CCCNC1. The van der Waals surface area contributed by atoms with Gasteiger partial charge in [-0.15, -0.1) is 0 Å². The van der Waals surface area contributed by atoms with E-state index >= 15 is 0 Å². The van der Waals surface area contributed by atoms with Crippen LogP contribution in [0, 0.1) is 0 Å². The zero-order valence-corrected chi connectivity index (χ0v) is 9.10. The van der Waals surface area contributed by atoms with Crippen LogP contribution in [0.4, 0.5) is 0 Å². The summed E-state index contributed by atoms with van der Waals surface area (Å²) in [7, 11) is 0. The maximum atomic E-state index is 11.4. The molecule has 0 aromatic heterocycles. The van der Waals surface area contributed by atoms with Crippen LogP contribution in [0.3, 0.4) is 0 Å². The Labute approximate surface area is 85.6 Å². The van der Waals surface area contributed by atoms with Gasteiger partial charge in [0.2, 0.25) is 5.91 Å². The first-order valence-electron chi connectivity index (χ1n) is 5.39. The highest BCUT2D eigenvalue weighted by molar-refractivity contribution is 5.85. The van der Waals surface area contributed by atoms with Crippen LogP contribution in [0.1, 0.15) is 33.1 Å². The third-order valence-corrected chi connectivity index (χ3v) is 2.99. The summed E-state index contributed by atoms with van der Waals surface area (Å²) in [5.74, 6) is -0.231. The largest absolute Gasteiger partial charge is 0.368 e. The van der Waals surface area contributed by atoms with E-state index in [1.807, 2.05) is 0 Å². The molecule has 2 unspecified atom stereocenters. The Kier molecular flexibility index (Phi) is 3.89. The highest BCUT2D eigenvalue weighted by atomic mass is 16.1. The van der Waals surface area contributed by atoms with Crippen molar-refractivity contribution in [2.75, 3.05) is 13.1 Å². The zero-order valence-electron chi connectivity index (χ0n) is 9.10. The van der Waals surface area contributed by atoms with Crippen LogP contribution in [0.15, 0.2) is 0 Å². The van der Waals surface area contributed by atoms with Gasteiger partial charge >= 0.3 is 0 Å². The minimum absolute atomic E-state index is 0.231. The molecule has 0 aromatic rings. The maximum Gasteiger partial charge on any atom is 0.239 e. The highest BCUT2D eigenvalue weighted by Crippen LogP contribution is 2.17. The van der Waals surface area contributed by atoms with Gasteiger partial charge in [-0.2, -0.15) is 0 Å². The molecule has 14 heavy (non-hydrogen) atoms. The molecule has 1 aliphatic heterocycles. The van der Waals surface area contributed by atoms with E-state index in [-0.39, 0.29) is 5.91 Å². The molecule has 1 amide bonds. The van der Waals surface area contributed by atoms with Gasteiger partial charge in [0, 0.05) is 12.6 Å². The van der Waals surface area contributed by atoms with E-state index in [0.29, 0.717) is 12.6 Å². The molecule has 4 heteroatoms. The molecule has 1 rings (SSSR count). The molecule has 1 heterocycles. The normalized spacial score (nSPS) is 29.9. The van der Waals surface area contributed by atoms with E-state index in [0.717, 1.165) is 25.8 Å². The molecule has 2 atom stereocenters. The zero-order chi connectivity index (χ0) is 10.6. The summed E-state index contributed by atoms with van der Waals surface area (Å²) in [4.78, 5) is 11.4. The summed E-state index contributed by atoms with van der Waals surface area (Å²) in [6.07, 6.45) is 2.86. The molecule has 0 radical (unpaired) electrons. The van der Waals surface area contributed by atoms with Gasteiger partial charge in [-0.3, -0.25) is 10.1 Å². The van der Waals surface area contributed by atoms with Crippen LogP contribution in [-0.2, 0) is 4.79 Å². The van der Waals surface area contributed by atoms with Crippen LogP contribution in [0.25, 0.3) is 0 Å². The molecular formula is C10H21N3O. The van der Waals surface area contributed by atoms with Crippen molar-refractivity contribution in [3.63, 3.8) is 0 Å². The van der Waals surface area contributed by atoms with Gasteiger partial charge in [0.15, 0.2) is 0 Å². The maximum absolute atomic E-state index is 11.4. The van der Waals surface area contributed by atoms with Gasteiger partial charge in [0.05, 0.1) is 0 Å². The predicted octanol–water partition coefficient (Wildman–Crippen LogP) is -0.0180. The van der Waals surface area contributed by atoms with Crippen molar-refractivity contribution in [1.29, 1.82) is 0 Å². The number of nitrogens with one attached hydrogen (secondary N) is 2.